The van der Waals surface area contributed by atoms with Crippen LogP contribution in [0.15, 0.2) is 72.8 Å². The number of anilines is 4. The molecule has 112 heavy (non-hydrogen) atoms. The average Bonchev–Trinajstić information content (AvgIpc) is 0.922. The van der Waals surface area contributed by atoms with Gasteiger partial charge in [-0.1, -0.05) is 150 Å². The molecule has 0 bridgehead atoms. The van der Waals surface area contributed by atoms with Gasteiger partial charge in [0.2, 0.25) is 23.6 Å². The van der Waals surface area contributed by atoms with Crippen LogP contribution in [0, 0.1) is 64.7 Å². The van der Waals surface area contributed by atoms with E-state index in [1.807, 2.05) is 45.9 Å². The first-order valence-electron chi connectivity index (χ1n) is 42.2. The van der Waals surface area contributed by atoms with E-state index in [0.717, 1.165) is 203 Å². The van der Waals surface area contributed by atoms with E-state index in [4.69, 9.17) is 39.9 Å². The molecular weight excluding hydrogens is 1410 g/mol. The Morgan fingerprint density at radius 1 is 0.366 bits per heavy atom. The number of nitrogens with zero attached hydrogens (tertiary/aromatic N) is 8. The molecule has 0 saturated heterocycles. The number of benzene rings is 4. The summed E-state index contributed by atoms with van der Waals surface area (Å²) in [7, 11) is 0. The van der Waals surface area contributed by atoms with E-state index in [0.29, 0.717) is 78.0 Å². The summed E-state index contributed by atoms with van der Waals surface area (Å²) in [6.45, 7) is 9.51. The fourth-order valence-electron chi connectivity index (χ4n) is 18.5. The molecule has 9 aliphatic carbocycles. The number of carbonyl (C=O) groups excluding carboxylic acids is 4. The Hall–Kier alpha value is -9.20. The molecule has 4 heterocycles. The smallest absolute Gasteiger partial charge is 0.228 e. The summed E-state index contributed by atoms with van der Waals surface area (Å²) in [5, 5.41) is 12.1. The number of carbonyl (C=O) groups is 4. The van der Waals surface area contributed by atoms with Crippen molar-refractivity contribution in [1.82, 2.24) is 39.9 Å². The van der Waals surface area contributed by atoms with Gasteiger partial charge in [-0.05, 0) is 227 Å². The van der Waals surface area contributed by atoms with Gasteiger partial charge >= 0.3 is 0 Å². The largest absolute Gasteiger partial charge is 0.309 e. The fourth-order valence-corrected chi connectivity index (χ4v) is 18.5. The lowest BCUT2D eigenvalue weighted by Crippen LogP contribution is -2.23. The van der Waals surface area contributed by atoms with Crippen LogP contribution >= 0.6 is 0 Å². The Morgan fingerprint density at radius 3 is 0.955 bits per heavy atom. The predicted octanol–water partition coefficient (Wildman–Crippen LogP) is 20.3. The van der Waals surface area contributed by atoms with Crippen molar-refractivity contribution in [1.29, 1.82) is 0 Å². The summed E-state index contributed by atoms with van der Waals surface area (Å²) in [6, 6.07) is 19.7. The number of rotatable bonds is 18. The number of aryl methyl sites for hydroxylation is 8. The second kappa shape index (κ2) is 36.7. The van der Waals surface area contributed by atoms with Crippen molar-refractivity contribution < 1.29 is 36.7 Å². The van der Waals surface area contributed by atoms with Gasteiger partial charge in [-0.3, -0.25) is 19.2 Å². The van der Waals surface area contributed by atoms with E-state index in [1.54, 1.807) is 30.3 Å². The molecule has 0 radical (unpaired) electrons. The maximum atomic E-state index is 13.7. The van der Waals surface area contributed by atoms with Gasteiger partial charge in [0.1, 0.15) is 23.3 Å². The van der Waals surface area contributed by atoms with Crippen molar-refractivity contribution in [3.63, 3.8) is 0 Å². The summed E-state index contributed by atoms with van der Waals surface area (Å²) in [4.78, 5) is 88.6. The Balaban J connectivity index is 0.000000124. The number of hydrogen-bond acceptors (Lipinski definition) is 12. The van der Waals surface area contributed by atoms with Gasteiger partial charge < -0.3 is 21.3 Å². The molecule has 5 fully saturated rings. The molecule has 4 N–H and O–H groups in total. The number of halogens is 4. The van der Waals surface area contributed by atoms with Crippen LogP contribution in [-0.4, -0.2) is 63.5 Å². The number of amides is 4. The summed E-state index contributed by atoms with van der Waals surface area (Å²) >= 11 is 0. The van der Waals surface area contributed by atoms with Crippen LogP contribution in [0.25, 0.3) is 45.0 Å². The Bertz CT molecular complexity index is 4750. The lowest BCUT2D eigenvalue weighted by atomic mass is 9.87. The van der Waals surface area contributed by atoms with Gasteiger partial charge in [0.25, 0.3) is 0 Å². The monoisotopic (exact) mass is 1520 g/mol. The molecule has 0 spiro atoms. The van der Waals surface area contributed by atoms with Crippen LogP contribution in [-0.2, 0) is 96.2 Å². The van der Waals surface area contributed by atoms with Crippen LogP contribution < -0.4 is 21.3 Å². The van der Waals surface area contributed by atoms with E-state index in [1.165, 1.54) is 153 Å². The average molecular weight is 1520 g/mol. The molecule has 4 aromatic heterocycles. The topological polar surface area (TPSA) is 220 Å². The third kappa shape index (κ3) is 19.9. The minimum Gasteiger partial charge on any atom is -0.309 e. The molecule has 590 valence electrons. The maximum Gasteiger partial charge on any atom is 0.228 e. The van der Waals surface area contributed by atoms with Gasteiger partial charge in [0, 0.05) is 47.9 Å². The third-order valence-corrected chi connectivity index (χ3v) is 24.7. The maximum absolute atomic E-state index is 13.7. The van der Waals surface area contributed by atoms with Gasteiger partial charge in [0.05, 0.1) is 68.3 Å². The Labute approximate surface area is 657 Å². The molecule has 16 nitrogen and oxygen atoms in total. The predicted molar refractivity (Wildman–Crippen MR) is 432 cm³/mol. The molecule has 9 aliphatic rings. The number of fused-ring (bicyclic) bond motifs is 12. The second-order valence-corrected chi connectivity index (χ2v) is 33.8. The minimum atomic E-state index is -0.212. The van der Waals surface area contributed by atoms with E-state index in [2.05, 4.69) is 21.3 Å². The standard InChI is InChI=1S/C26H32FN3O.2C23H28FN3O.C20H22FN3O/c27-20-11-12-21-19(16-20)10-13-22-25(21)28-23(14-17-8-4-5-9-17)26(29-22)30-24(31)15-18-6-2-1-3-7-18;1-14(2)11-21(28)27-23-20(12-15-5-3-4-6-15)25-22-18-9-8-17(24)13-16(18)7-10-19(22)26-23;1-3-14(2)23(28)27-22-20(12-15-6-4-5-7-15)25-21-18-10-9-17(24)13-16(18)8-11-19(21)26-22;1-12(25)22-20-18(10-13-4-2-3-5-13)23-19-16-8-7-15(21)11-14(16)6-9-17(19)24-20/h11-12,16-18H,1-10,13-15H2,(H,29,30,31);8-9,13-15H,3-7,10-12H2,1-2H3,(H,26,27,28);9-10,13-15H,3-8,11-12H2,1-2H3,(H,26,27,28);7-8,11,13H,2-6,9-10H2,1H3,(H,22,24,25). The van der Waals surface area contributed by atoms with E-state index in [9.17, 15) is 36.7 Å². The van der Waals surface area contributed by atoms with Crippen LogP contribution in [0.2, 0.25) is 0 Å². The Morgan fingerprint density at radius 2 is 0.652 bits per heavy atom. The number of nitrogens with one attached hydrogen (secondary N) is 4. The number of hydrogen-bond donors (Lipinski definition) is 4. The highest BCUT2D eigenvalue weighted by atomic mass is 19.1. The molecule has 1 atom stereocenters. The van der Waals surface area contributed by atoms with Crippen molar-refractivity contribution in [3.05, 3.63) is 164 Å². The van der Waals surface area contributed by atoms with Gasteiger partial charge in [-0.2, -0.15) is 0 Å². The highest BCUT2D eigenvalue weighted by Crippen LogP contribution is 2.42. The van der Waals surface area contributed by atoms with Crippen molar-refractivity contribution in [3.8, 4) is 45.0 Å². The highest BCUT2D eigenvalue weighted by molar-refractivity contribution is 5.93. The quantitative estimate of drug-likeness (QED) is 0.0590. The molecule has 4 aromatic carbocycles. The lowest BCUT2D eigenvalue weighted by molar-refractivity contribution is -0.119. The van der Waals surface area contributed by atoms with Crippen LogP contribution in [0.3, 0.4) is 0 Å². The molecule has 17 rings (SSSR count). The van der Waals surface area contributed by atoms with Crippen molar-refractivity contribution in [2.24, 2.45) is 41.4 Å². The normalized spacial score (nSPS) is 17.3. The van der Waals surface area contributed by atoms with Crippen LogP contribution in [0.5, 0.6) is 0 Å². The van der Waals surface area contributed by atoms with Crippen molar-refractivity contribution in [2.75, 3.05) is 21.3 Å². The summed E-state index contributed by atoms with van der Waals surface area (Å²) in [5.74, 6) is 4.79. The summed E-state index contributed by atoms with van der Waals surface area (Å²) in [6.07, 6.45) is 37.0. The van der Waals surface area contributed by atoms with Gasteiger partial charge in [-0.25, -0.2) is 57.4 Å². The third-order valence-electron chi connectivity index (χ3n) is 24.7. The highest BCUT2D eigenvalue weighted by Gasteiger charge is 2.32. The molecule has 5 saturated carbocycles. The van der Waals surface area contributed by atoms with Crippen molar-refractivity contribution >= 4 is 46.9 Å². The van der Waals surface area contributed by atoms with Crippen LogP contribution in [0.1, 0.15) is 257 Å². The second-order valence-electron chi connectivity index (χ2n) is 33.8. The SMILES string of the molecule is CC(=O)Nc1nc2c(nc1CC1CCCC1)-c1ccc(F)cc1CC2.CC(C)CC(=O)Nc1nc2c(nc1CC1CCCC1)-c1ccc(F)cc1CC2.CCC(C)C(=O)Nc1nc2c(nc1CC1CCCC1)-c1ccc(F)cc1CC2.O=C(CC1CCCCC1)Nc1nc2c(nc1CC1CCCC1)-c1ccc(F)cc1CC2. The summed E-state index contributed by atoms with van der Waals surface area (Å²) in [5.41, 5.74) is 18.4. The first kappa shape index (κ1) is 79.4. The zero-order valence-electron chi connectivity index (χ0n) is 66.1. The number of aromatic nitrogens is 8. The van der Waals surface area contributed by atoms with E-state index >= 15 is 0 Å². The Kier molecular flexibility index (Phi) is 26.1. The molecular formula is C92H110F4N12O4. The molecule has 4 amide bonds. The van der Waals surface area contributed by atoms with Crippen molar-refractivity contribution in [2.45, 2.75) is 266 Å². The van der Waals surface area contributed by atoms with E-state index < -0.39 is 0 Å². The van der Waals surface area contributed by atoms with E-state index in [-0.39, 0.29) is 52.8 Å². The van der Waals surface area contributed by atoms with Gasteiger partial charge in [0.15, 0.2) is 23.3 Å². The zero-order chi connectivity index (χ0) is 77.9. The molecule has 0 aliphatic heterocycles. The molecule has 20 heteroatoms. The summed E-state index contributed by atoms with van der Waals surface area (Å²) < 4.78 is 54.6. The minimum absolute atomic E-state index is 0.00250. The first-order chi connectivity index (χ1) is 54.3. The first-order valence-corrected chi connectivity index (χ1v) is 42.2. The molecule has 8 aromatic rings. The van der Waals surface area contributed by atoms with Crippen LogP contribution in [0.4, 0.5) is 40.8 Å². The molecule has 1 unspecified atom stereocenters. The van der Waals surface area contributed by atoms with Gasteiger partial charge in [-0.15, -0.1) is 0 Å². The fraction of sp³-hybridized carbons (Fsp3) is 0.522. The zero-order valence-corrected chi connectivity index (χ0v) is 66.1. The lowest BCUT2D eigenvalue weighted by Gasteiger charge is -2.23.